The van der Waals surface area contributed by atoms with Crippen LogP contribution in [0.1, 0.15) is 19.4 Å². The third-order valence-electron chi connectivity index (χ3n) is 5.69. The Morgan fingerprint density at radius 1 is 0.667 bits per heavy atom. The molecule has 4 aromatic rings. The zero-order chi connectivity index (χ0) is 23.1. The van der Waals surface area contributed by atoms with Crippen LogP contribution in [0.4, 0.5) is 5.69 Å². The molecule has 0 aliphatic heterocycles. The van der Waals surface area contributed by atoms with E-state index in [0.717, 1.165) is 23.0 Å². The molecule has 0 aliphatic rings. The van der Waals surface area contributed by atoms with Gasteiger partial charge in [-0.25, -0.2) is 0 Å². The van der Waals surface area contributed by atoms with Crippen molar-refractivity contribution in [3.8, 4) is 0 Å². The molecule has 2 nitrogen and oxygen atoms in total. The standard InChI is InChI=1S/C30H28NOP/c1-24(2)22-30(32)31-29-21-13-12-14-25(29)23-33(26-15-6-3-7-16-26,27-17-8-4-9-18-27)28-19-10-5-11-20-28/h3-22H,23H2,1-2H3/p+1. The highest BCUT2D eigenvalue weighted by Gasteiger charge is 2.45. The highest BCUT2D eigenvalue weighted by Crippen LogP contribution is 2.58. The predicted molar refractivity (Wildman–Crippen MR) is 143 cm³/mol. The van der Waals surface area contributed by atoms with Gasteiger partial charge in [0, 0.05) is 17.3 Å². The summed E-state index contributed by atoms with van der Waals surface area (Å²) in [5, 5.41) is 7.10. The minimum Gasteiger partial charge on any atom is -0.322 e. The van der Waals surface area contributed by atoms with Crippen LogP contribution in [0.15, 0.2) is 127 Å². The summed E-state index contributed by atoms with van der Waals surface area (Å²) in [5.41, 5.74) is 2.98. The summed E-state index contributed by atoms with van der Waals surface area (Å²) in [6, 6.07) is 40.6. The van der Waals surface area contributed by atoms with Gasteiger partial charge in [-0.2, -0.15) is 0 Å². The van der Waals surface area contributed by atoms with E-state index in [1.807, 2.05) is 26.0 Å². The molecule has 0 saturated carbocycles. The second-order valence-corrected chi connectivity index (χ2v) is 11.8. The lowest BCUT2D eigenvalue weighted by atomic mass is 10.2. The van der Waals surface area contributed by atoms with Gasteiger partial charge in [-0.05, 0) is 56.3 Å². The Morgan fingerprint density at radius 2 is 1.09 bits per heavy atom. The Kier molecular flexibility index (Phi) is 7.17. The molecule has 1 N–H and O–H groups in total. The maximum Gasteiger partial charge on any atom is 0.248 e. The predicted octanol–water partition coefficient (Wildman–Crippen LogP) is 6.09. The molecule has 0 aliphatic carbocycles. The Bertz CT molecular complexity index is 1130. The maximum absolute atomic E-state index is 12.6. The van der Waals surface area contributed by atoms with Gasteiger partial charge in [0.2, 0.25) is 5.91 Å². The third-order valence-corrected chi connectivity index (χ3v) is 10.0. The number of allylic oxidation sites excluding steroid dienone is 1. The lowest BCUT2D eigenvalue weighted by Gasteiger charge is -2.28. The van der Waals surface area contributed by atoms with Gasteiger partial charge in [-0.3, -0.25) is 4.79 Å². The molecular formula is C30H29NOP+. The first-order valence-electron chi connectivity index (χ1n) is 11.2. The first-order chi connectivity index (χ1) is 16.1. The molecular weight excluding hydrogens is 421 g/mol. The maximum atomic E-state index is 12.6. The molecule has 0 atom stereocenters. The van der Waals surface area contributed by atoms with Crippen LogP contribution in [-0.2, 0) is 11.0 Å². The molecule has 164 valence electrons. The van der Waals surface area contributed by atoms with Crippen molar-refractivity contribution in [2.75, 3.05) is 5.32 Å². The van der Waals surface area contributed by atoms with Crippen LogP contribution in [0.5, 0.6) is 0 Å². The SMILES string of the molecule is CC(C)=CC(=O)Nc1ccccc1C[P+](c1ccccc1)(c1ccccc1)c1ccccc1. The Hall–Kier alpha value is -3.48. The first kappa shape index (κ1) is 22.7. The van der Waals surface area contributed by atoms with Crippen LogP contribution in [0.2, 0.25) is 0 Å². The fourth-order valence-corrected chi connectivity index (χ4v) is 8.51. The summed E-state index contributed by atoms with van der Waals surface area (Å²) < 4.78 is 0. The van der Waals surface area contributed by atoms with Crippen molar-refractivity contribution in [2.45, 2.75) is 20.0 Å². The van der Waals surface area contributed by atoms with Crippen molar-refractivity contribution in [3.63, 3.8) is 0 Å². The van der Waals surface area contributed by atoms with Crippen molar-refractivity contribution in [3.05, 3.63) is 132 Å². The summed E-state index contributed by atoms with van der Waals surface area (Å²) in [4.78, 5) is 12.6. The average Bonchev–Trinajstić information content (AvgIpc) is 2.85. The zero-order valence-electron chi connectivity index (χ0n) is 19.1. The minimum atomic E-state index is -2.04. The first-order valence-corrected chi connectivity index (χ1v) is 13.2. The Balaban J connectivity index is 1.91. The van der Waals surface area contributed by atoms with Crippen LogP contribution >= 0.6 is 7.26 Å². The van der Waals surface area contributed by atoms with Gasteiger partial charge in [0.25, 0.3) is 0 Å². The monoisotopic (exact) mass is 450 g/mol. The van der Waals surface area contributed by atoms with Gasteiger partial charge in [0.05, 0.1) is 0 Å². The summed E-state index contributed by atoms with van der Waals surface area (Å²) >= 11 is 0. The number of benzene rings is 4. The molecule has 0 aromatic heterocycles. The molecule has 0 saturated heterocycles. The van der Waals surface area contributed by atoms with Gasteiger partial charge in [-0.1, -0.05) is 78.4 Å². The summed E-state index contributed by atoms with van der Waals surface area (Å²) in [6.07, 6.45) is 2.46. The van der Waals surface area contributed by atoms with E-state index in [0.29, 0.717) is 0 Å². The number of hydrogen-bond donors (Lipinski definition) is 1. The van der Waals surface area contributed by atoms with Crippen molar-refractivity contribution >= 4 is 34.8 Å². The van der Waals surface area contributed by atoms with Crippen molar-refractivity contribution in [1.82, 2.24) is 0 Å². The van der Waals surface area contributed by atoms with Crippen molar-refractivity contribution in [1.29, 1.82) is 0 Å². The van der Waals surface area contributed by atoms with Crippen LogP contribution in [0.25, 0.3) is 0 Å². The summed E-state index contributed by atoms with van der Waals surface area (Å²) in [6.45, 7) is 3.87. The van der Waals surface area contributed by atoms with Crippen LogP contribution in [0.3, 0.4) is 0 Å². The topological polar surface area (TPSA) is 29.1 Å². The number of amides is 1. The largest absolute Gasteiger partial charge is 0.322 e. The molecule has 0 radical (unpaired) electrons. The second kappa shape index (κ2) is 10.4. The number of anilines is 1. The van der Waals surface area contributed by atoms with Crippen LogP contribution in [-0.4, -0.2) is 5.91 Å². The van der Waals surface area contributed by atoms with E-state index in [4.69, 9.17) is 0 Å². The molecule has 0 spiro atoms. The van der Waals surface area contributed by atoms with Gasteiger partial charge >= 0.3 is 0 Å². The molecule has 0 heterocycles. The van der Waals surface area contributed by atoms with E-state index in [-0.39, 0.29) is 5.91 Å². The van der Waals surface area contributed by atoms with Gasteiger partial charge in [0.1, 0.15) is 29.3 Å². The second-order valence-electron chi connectivity index (χ2n) is 8.34. The highest BCUT2D eigenvalue weighted by atomic mass is 31.2. The molecule has 33 heavy (non-hydrogen) atoms. The number of para-hydroxylation sites is 1. The number of nitrogens with one attached hydrogen (secondary N) is 1. The van der Waals surface area contributed by atoms with E-state index in [1.165, 1.54) is 15.9 Å². The number of hydrogen-bond acceptors (Lipinski definition) is 1. The summed E-state index contributed by atoms with van der Waals surface area (Å²) in [7, 11) is -2.04. The number of rotatable bonds is 7. The average molecular weight is 451 g/mol. The fraction of sp³-hybridized carbons (Fsp3) is 0.100. The minimum absolute atomic E-state index is 0.0921. The molecule has 3 heteroatoms. The van der Waals surface area contributed by atoms with Crippen LogP contribution < -0.4 is 21.2 Å². The quantitative estimate of drug-likeness (QED) is 0.268. The van der Waals surface area contributed by atoms with E-state index in [1.54, 1.807) is 6.08 Å². The van der Waals surface area contributed by atoms with E-state index in [2.05, 4.69) is 108 Å². The molecule has 0 unspecified atom stereocenters. The molecule has 4 rings (SSSR count). The van der Waals surface area contributed by atoms with E-state index in [9.17, 15) is 4.79 Å². The molecule has 1 amide bonds. The lowest BCUT2D eigenvalue weighted by molar-refractivity contribution is -0.111. The number of carbonyl (C=O) groups excluding carboxylic acids is 1. The fourth-order valence-electron chi connectivity index (χ4n) is 4.24. The lowest BCUT2D eigenvalue weighted by Crippen LogP contribution is -2.32. The molecule has 0 bridgehead atoms. The van der Waals surface area contributed by atoms with Crippen molar-refractivity contribution < 1.29 is 4.79 Å². The highest BCUT2D eigenvalue weighted by molar-refractivity contribution is 7.95. The Labute approximate surface area is 197 Å². The van der Waals surface area contributed by atoms with E-state index >= 15 is 0 Å². The molecule has 0 fully saturated rings. The van der Waals surface area contributed by atoms with Crippen LogP contribution in [0, 0.1) is 0 Å². The Morgan fingerprint density at radius 3 is 1.55 bits per heavy atom. The third kappa shape index (κ3) is 5.13. The smallest absolute Gasteiger partial charge is 0.248 e. The normalized spacial score (nSPS) is 11.0. The summed E-state index contributed by atoms with van der Waals surface area (Å²) in [5.74, 6) is -0.0921. The van der Waals surface area contributed by atoms with Crippen molar-refractivity contribution in [2.24, 2.45) is 0 Å². The van der Waals surface area contributed by atoms with Gasteiger partial charge < -0.3 is 5.32 Å². The zero-order valence-corrected chi connectivity index (χ0v) is 20.0. The molecule has 4 aromatic carbocycles. The van der Waals surface area contributed by atoms with Gasteiger partial charge in [0.15, 0.2) is 0 Å². The number of carbonyl (C=O) groups is 1. The van der Waals surface area contributed by atoms with E-state index < -0.39 is 7.26 Å². The van der Waals surface area contributed by atoms with Gasteiger partial charge in [-0.15, -0.1) is 0 Å².